The molecule has 2 rings (SSSR count). The molecular weight excluding hydrogens is 339 g/mol. The van der Waals surface area contributed by atoms with Crippen molar-refractivity contribution in [3.05, 3.63) is 55.4 Å². The van der Waals surface area contributed by atoms with Crippen LogP contribution in [0.25, 0.3) is 0 Å². The Bertz CT molecular complexity index is 696. The van der Waals surface area contributed by atoms with Crippen molar-refractivity contribution in [3.8, 4) is 0 Å². The standard InChI is InChI=1S/C12H9Cl3N4O2/c1-6(8-3-2-7(13)4-9(8)14)18-12-10(19(20)21)11(15)16-5-17-12/h2-6H,1H3,(H,16,17,18). The average molecular weight is 348 g/mol. The van der Waals surface area contributed by atoms with Crippen molar-refractivity contribution >= 4 is 46.3 Å². The Kier molecular flexibility index (Phi) is 4.82. The van der Waals surface area contributed by atoms with Gasteiger partial charge in [-0.05, 0) is 24.6 Å². The predicted octanol–water partition coefficient (Wildman–Crippen LogP) is 4.52. The Morgan fingerprint density at radius 2 is 2.00 bits per heavy atom. The van der Waals surface area contributed by atoms with Crippen LogP contribution in [0.1, 0.15) is 18.5 Å². The summed E-state index contributed by atoms with van der Waals surface area (Å²) in [6.07, 6.45) is 1.15. The molecule has 0 aliphatic heterocycles. The molecule has 1 N–H and O–H groups in total. The van der Waals surface area contributed by atoms with E-state index in [1.165, 1.54) is 0 Å². The molecule has 0 aliphatic rings. The molecule has 1 atom stereocenters. The van der Waals surface area contributed by atoms with E-state index in [9.17, 15) is 10.1 Å². The van der Waals surface area contributed by atoms with Crippen LogP contribution in [-0.2, 0) is 0 Å². The highest BCUT2D eigenvalue weighted by atomic mass is 35.5. The zero-order valence-corrected chi connectivity index (χ0v) is 12.9. The SMILES string of the molecule is CC(Nc1ncnc(Cl)c1[N+](=O)[O-])c1ccc(Cl)cc1Cl. The molecule has 0 bridgehead atoms. The van der Waals surface area contributed by atoms with Gasteiger partial charge in [0.05, 0.1) is 11.0 Å². The van der Waals surface area contributed by atoms with E-state index in [0.717, 1.165) is 11.9 Å². The first-order chi connectivity index (χ1) is 9.90. The number of anilines is 1. The maximum Gasteiger partial charge on any atom is 0.348 e. The lowest BCUT2D eigenvalue weighted by Crippen LogP contribution is -2.11. The molecule has 9 heteroatoms. The summed E-state index contributed by atoms with van der Waals surface area (Å²) in [5.74, 6) is 0.0264. The monoisotopic (exact) mass is 346 g/mol. The van der Waals surface area contributed by atoms with E-state index in [1.54, 1.807) is 25.1 Å². The number of hydrogen-bond acceptors (Lipinski definition) is 5. The van der Waals surface area contributed by atoms with E-state index >= 15 is 0 Å². The number of hydrogen-bond donors (Lipinski definition) is 1. The minimum atomic E-state index is -0.638. The van der Waals surface area contributed by atoms with Gasteiger partial charge in [-0.2, -0.15) is 0 Å². The van der Waals surface area contributed by atoms with Crippen molar-refractivity contribution in [2.45, 2.75) is 13.0 Å². The molecule has 1 aromatic heterocycles. The number of rotatable bonds is 4. The summed E-state index contributed by atoms with van der Waals surface area (Å²) in [6, 6.07) is 4.68. The van der Waals surface area contributed by atoms with Crippen molar-refractivity contribution in [1.82, 2.24) is 9.97 Å². The summed E-state index contributed by atoms with van der Waals surface area (Å²) >= 11 is 17.7. The molecule has 0 radical (unpaired) electrons. The van der Waals surface area contributed by atoms with Crippen LogP contribution in [0.15, 0.2) is 24.5 Å². The number of nitro groups is 1. The largest absolute Gasteiger partial charge is 0.358 e. The summed E-state index contributed by atoms with van der Waals surface area (Å²) in [5.41, 5.74) is 0.348. The van der Waals surface area contributed by atoms with Crippen LogP contribution in [0.2, 0.25) is 15.2 Å². The molecule has 0 saturated carbocycles. The second kappa shape index (κ2) is 6.43. The van der Waals surface area contributed by atoms with Crippen LogP contribution in [0.3, 0.4) is 0 Å². The van der Waals surface area contributed by atoms with Gasteiger partial charge in [-0.25, -0.2) is 9.97 Å². The third-order valence-corrected chi connectivity index (χ3v) is 3.58. The zero-order chi connectivity index (χ0) is 15.6. The Morgan fingerprint density at radius 1 is 1.29 bits per heavy atom. The predicted molar refractivity (Wildman–Crippen MR) is 82.2 cm³/mol. The minimum Gasteiger partial charge on any atom is -0.358 e. The fourth-order valence-electron chi connectivity index (χ4n) is 1.76. The molecule has 1 heterocycles. The van der Waals surface area contributed by atoms with Crippen molar-refractivity contribution in [1.29, 1.82) is 0 Å². The number of nitrogens with one attached hydrogen (secondary N) is 1. The Hall–Kier alpha value is -1.63. The second-order valence-corrected chi connectivity index (χ2v) is 5.35. The van der Waals surface area contributed by atoms with Gasteiger partial charge >= 0.3 is 5.69 Å². The van der Waals surface area contributed by atoms with E-state index in [0.29, 0.717) is 10.0 Å². The first-order valence-electron chi connectivity index (χ1n) is 5.76. The number of nitrogens with zero attached hydrogens (tertiary/aromatic N) is 3. The molecule has 110 valence electrons. The van der Waals surface area contributed by atoms with E-state index < -0.39 is 4.92 Å². The molecule has 21 heavy (non-hydrogen) atoms. The van der Waals surface area contributed by atoms with Crippen LogP contribution >= 0.6 is 34.8 Å². The first-order valence-corrected chi connectivity index (χ1v) is 6.90. The van der Waals surface area contributed by atoms with Gasteiger partial charge in [-0.3, -0.25) is 10.1 Å². The number of halogens is 3. The Balaban J connectivity index is 2.34. The molecule has 0 aliphatic carbocycles. The lowest BCUT2D eigenvalue weighted by atomic mass is 10.1. The smallest absolute Gasteiger partial charge is 0.348 e. The van der Waals surface area contributed by atoms with Gasteiger partial charge in [0.25, 0.3) is 0 Å². The summed E-state index contributed by atoms with van der Waals surface area (Å²) < 4.78 is 0. The maximum atomic E-state index is 11.0. The van der Waals surface area contributed by atoms with Crippen molar-refractivity contribution in [2.75, 3.05) is 5.32 Å². The normalized spacial score (nSPS) is 12.0. The molecular formula is C12H9Cl3N4O2. The summed E-state index contributed by atoms with van der Waals surface area (Å²) in [4.78, 5) is 17.8. The van der Waals surface area contributed by atoms with Crippen molar-refractivity contribution in [3.63, 3.8) is 0 Å². The molecule has 1 unspecified atom stereocenters. The van der Waals surface area contributed by atoms with Crippen LogP contribution in [0.5, 0.6) is 0 Å². The maximum absolute atomic E-state index is 11.0. The molecule has 1 aromatic carbocycles. The van der Waals surface area contributed by atoms with Gasteiger partial charge in [-0.1, -0.05) is 40.9 Å². The zero-order valence-electron chi connectivity index (χ0n) is 10.7. The summed E-state index contributed by atoms with van der Waals surface area (Å²) in [6.45, 7) is 1.79. The third-order valence-electron chi connectivity index (χ3n) is 2.74. The minimum absolute atomic E-state index is 0.0264. The fraction of sp³-hybridized carbons (Fsp3) is 0.167. The molecule has 6 nitrogen and oxygen atoms in total. The highest BCUT2D eigenvalue weighted by molar-refractivity contribution is 6.35. The Morgan fingerprint density at radius 3 is 2.62 bits per heavy atom. The topological polar surface area (TPSA) is 81.0 Å². The molecule has 0 saturated heterocycles. The van der Waals surface area contributed by atoms with Crippen LogP contribution in [-0.4, -0.2) is 14.9 Å². The van der Waals surface area contributed by atoms with Crippen molar-refractivity contribution < 1.29 is 4.92 Å². The van der Waals surface area contributed by atoms with Gasteiger partial charge in [-0.15, -0.1) is 0 Å². The number of benzene rings is 1. The molecule has 0 fully saturated rings. The van der Waals surface area contributed by atoms with E-state index in [1.807, 2.05) is 0 Å². The summed E-state index contributed by atoms with van der Waals surface area (Å²) in [7, 11) is 0. The quantitative estimate of drug-likeness (QED) is 0.499. The van der Waals surface area contributed by atoms with Crippen LogP contribution in [0.4, 0.5) is 11.5 Å². The van der Waals surface area contributed by atoms with Gasteiger partial charge in [0, 0.05) is 10.0 Å². The van der Waals surface area contributed by atoms with Crippen LogP contribution < -0.4 is 5.32 Å². The molecule has 0 spiro atoms. The van der Waals surface area contributed by atoms with Gasteiger partial charge in [0.15, 0.2) is 0 Å². The molecule has 2 aromatic rings. The van der Waals surface area contributed by atoms with Gasteiger partial charge in [0.1, 0.15) is 6.33 Å². The Labute approximate surface area is 135 Å². The lowest BCUT2D eigenvalue weighted by molar-refractivity contribution is -0.384. The van der Waals surface area contributed by atoms with E-state index in [-0.39, 0.29) is 22.7 Å². The first kappa shape index (κ1) is 15.8. The summed E-state index contributed by atoms with van der Waals surface area (Å²) in [5, 5.41) is 14.7. The third kappa shape index (κ3) is 3.53. The van der Waals surface area contributed by atoms with Gasteiger partial charge in [0.2, 0.25) is 11.0 Å². The second-order valence-electron chi connectivity index (χ2n) is 4.15. The highest BCUT2D eigenvalue weighted by Crippen LogP contribution is 2.33. The lowest BCUT2D eigenvalue weighted by Gasteiger charge is -2.16. The number of aromatic nitrogens is 2. The average Bonchev–Trinajstić information content (AvgIpc) is 2.37. The van der Waals surface area contributed by atoms with Gasteiger partial charge < -0.3 is 5.32 Å². The van der Waals surface area contributed by atoms with Crippen molar-refractivity contribution in [2.24, 2.45) is 0 Å². The highest BCUT2D eigenvalue weighted by Gasteiger charge is 2.23. The molecule has 0 amide bonds. The van der Waals surface area contributed by atoms with E-state index in [2.05, 4.69) is 15.3 Å². The fourth-order valence-corrected chi connectivity index (χ4v) is 2.53. The van der Waals surface area contributed by atoms with E-state index in [4.69, 9.17) is 34.8 Å². The van der Waals surface area contributed by atoms with Crippen LogP contribution in [0, 0.1) is 10.1 Å².